The fourth-order valence-electron chi connectivity index (χ4n) is 6.64. The van der Waals surface area contributed by atoms with Gasteiger partial charge in [0.15, 0.2) is 5.54 Å². The Morgan fingerprint density at radius 2 is 1.88 bits per heavy atom. The molecule has 0 saturated carbocycles. The first-order chi connectivity index (χ1) is 22.9. The zero-order valence-electron chi connectivity index (χ0n) is 27.4. The van der Waals surface area contributed by atoms with E-state index in [2.05, 4.69) is 20.6 Å². The summed E-state index contributed by atoms with van der Waals surface area (Å²) in [4.78, 5) is 75.3. The highest BCUT2D eigenvalue weighted by Crippen LogP contribution is 2.55. The molecule has 1 saturated heterocycles. The van der Waals surface area contributed by atoms with Gasteiger partial charge in [-0.05, 0) is 56.9 Å². The van der Waals surface area contributed by atoms with Crippen LogP contribution in [0, 0.1) is 6.92 Å². The molecule has 2 aromatic carbocycles. The zero-order chi connectivity index (χ0) is 34.7. The highest BCUT2D eigenvalue weighted by molar-refractivity contribution is 6.10. The average Bonchev–Trinajstić information content (AvgIpc) is 3.76. The largest absolute Gasteiger partial charge is 0.478 e. The van der Waals surface area contributed by atoms with Crippen LogP contribution in [-0.4, -0.2) is 77.2 Å². The molecule has 1 fully saturated rings. The van der Waals surface area contributed by atoms with Crippen molar-refractivity contribution in [3.8, 4) is 5.88 Å². The predicted octanol–water partition coefficient (Wildman–Crippen LogP) is 2.23. The molecule has 3 atom stereocenters. The Bertz CT molecular complexity index is 1710. The van der Waals surface area contributed by atoms with E-state index in [0.29, 0.717) is 54.8 Å². The molecule has 0 bridgehead atoms. The highest BCUT2D eigenvalue weighted by Gasteiger charge is 2.80. The summed E-state index contributed by atoms with van der Waals surface area (Å²) in [5.74, 6) is -1.04. The van der Waals surface area contributed by atoms with Crippen LogP contribution in [0.3, 0.4) is 0 Å². The van der Waals surface area contributed by atoms with Gasteiger partial charge in [0, 0.05) is 30.1 Å². The summed E-state index contributed by atoms with van der Waals surface area (Å²) < 4.78 is 11.5. The normalized spacial score (nSPS) is 21.4. The number of anilines is 2. The number of nitrogen functional groups attached to an aromatic ring is 1. The molecule has 3 aromatic rings. The van der Waals surface area contributed by atoms with Crippen LogP contribution >= 0.6 is 0 Å². The van der Waals surface area contributed by atoms with E-state index in [4.69, 9.17) is 15.2 Å². The van der Waals surface area contributed by atoms with Crippen LogP contribution in [0.15, 0.2) is 54.6 Å². The van der Waals surface area contributed by atoms with Gasteiger partial charge in [0.05, 0.1) is 30.5 Å². The van der Waals surface area contributed by atoms with E-state index < -0.39 is 40.4 Å². The molecule has 2 unspecified atom stereocenters. The number of nitrogens with one attached hydrogen (secondary N) is 2. The van der Waals surface area contributed by atoms with E-state index in [1.165, 1.54) is 4.90 Å². The van der Waals surface area contributed by atoms with Gasteiger partial charge in [0.1, 0.15) is 18.1 Å². The topological polar surface area (TPSA) is 193 Å². The van der Waals surface area contributed by atoms with Crippen LogP contribution in [0.1, 0.15) is 60.8 Å². The Morgan fingerprint density at radius 1 is 1.12 bits per heavy atom. The summed E-state index contributed by atoms with van der Waals surface area (Å²) in [5, 5.41) is 5.77. The second-order valence-electron chi connectivity index (χ2n) is 12.7. The van der Waals surface area contributed by atoms with Crippen molar-refractivity contribution in [3.05, 3.63) is 77.0 Å². The van der Waals surface area contributed by atoms with Crippen molar-refractivity contribution in [2.24, 2.45) is 0 Å². The molecule has 252 valence electrons. The molecule has 1 aromatic heterocycles. The summed E-state index contributed by atoms with van der Waals surface area (Å²) >= 11 is 0. The number of carbonyl (C=O) groups is 5. The number of nitrogens with two attached hydrogens (primary N) is 1. The summed E-state index contributed by atoms with van der Waals surface area (Å²) in [6.07, 6.45) is 1.53. The van der Waals surface area contributed by atoms with Crippen molar-refractivity contribution in [1.29, 1.82) is 0 Å². The Balaban J connectivity index is 1.49. The van der Waals surface area contributed by atoms with Crippen molar-refractivity contribution in [3.63, 3.8) is 0 Å². The quantitative estimate of drug-likeness (QED) is 0.0997. The van der Waals surface area contributed by atoms with E-state index >= 15 is 0 Å². The lowest BCUT2D eigenvalue weighted by Crippen LogP contribution is -2.59. The van der Waals surface area contributed by atoms with Crippen molar-refractivity contribution in [2.75, 3.05) is 30.3 Å². The van der Waals surface area contributed by atoms with E-state index in [1.807, 2.05) is 12.1 Å². The number of carbonyl (C=O) groups excluding carboxylic acids is 5. The van der Waals surface area contributed by atoms with Gasteiger partial charge in [0.25, 0.3) is 5.91 Å². The van der Waals surface area contributed by atoms with Gasteiger partial charge in [-0.25, -0.2) is 9.78 Å². The van der Waals surface area contributed by atoms with Crippen LogP contribution in [0.2, 0.25) is 0 Å². The van der Waals surface area contributed by atoms with Gasteiger partial charge in [-0.2, -0.15) is 4.98 Å². The summed E-state index contributed by atoms with van der Waals surface area (Å²) in [7, 11) is 0. The second-order valence-corrected chi connectivity index (χ2v) is 12.7. The van der Waals surface area contributed by atoms with E-state index in [-0.39, 0.29) is 31.0 Å². The van der Waals surface area contributed by atoms with Crippen molar-refractivity contribution in [2.45, 2.75) is 69.6 Å². The van der Waals surface area contributed by atoms with Gasteiger partial charge < -0.3 is 35.0 Å². The maximum atomic E-state index is 14.0. The molecule has 2 aliphatic heterocycles. The Morgan fingerprint density at radius 3 is 2.54 bits per heavy atom. The first-order valence-electron chi connectivity index (χ1n) is 15.8. The van der Waals surface area contributed by atoms with Gasteiger partial charge in [-0.3, -0.25) is 14.9 Å². The first-order valence-corrected chi connectivity index (χ1v) is 15.8. The average molecular weight is 657 g/mol. The molecule has 2 amide bonds. The third kappa shape index (κ3) is 6.25. The number of benzene rings is 2. The number of fused-ring (bicyclic) bond motifs is 1. The number of nitrogens with zero attached hydrogens (tertiary/aromatic N) is 3. The summed E-state index contributed by atoms with van der Waals surface area (Å²) in [6.45, 7) is 6.89. The number of rotatable bonds is 14. The van der Waals surface area contributed by atoms with E-state index in [9.17, 15) is 24.0 Å². The Kier molecular flexibility index (Phi) is 9.62. The monoisotopic (exact) mass is 656 g/mol. The molecule has 13 nitrogen and oxygen atoms in total. The van der Waals surface area contributed by atoms with Gasteiger partial charge in [0.2, 0.25) is 17.7 Å². The smallest absolute Gasteiger partial charge is 0.330 e. The third-order valence-electron chi connectivity index (χ3n) is 8.99. The van der Waals surface area contributed by atoms with Crippen molar-refractivity contribution >= 4 is 42.0 Å². The SMILES string of the molecule is Cc1cc(OCCCc2ccc3c(c2)C(=O)NCC(=O)N3CC(C)(c2ccccc2)[C@@]2(C(=O)OC(C)C)NC2(C=O)CC=O)nc(N)n1. The number of aromatic nitrogens is 2. The maximum Gasteiger partial charge on any atom is 0.330 e. The van der Waals surface area contributed by atoms with Crippen molar-refractivity contribution < 1.29 is 33.4 Å². The molecule has 3 heterocycles. The maximum absolute atomic E-state index is 14.0. The molecule has 0 radical (unpaired) electrons. The lowest BCUT2D eigenvalue weighted by Gasteiger charge is -2.41. The minimum absolute atomic E-state index is 0.124. The summed E-state index contributed by atoms with van der Waals surface area (Å²) in [5.41, 5.74) is 3.92. The number of hydrogen-bond acceptors (Lipinski definition) is 11. The van der Waals surface area contributed by atoms with E-state index in [1.54, 1.807) is 70.2 Å². The number of hydrogen-bond donors (Lipinski definition) is 3. The molecule has 4 N–H and O–H groups in total. The fourth-order valence-corrected chi connectivity index (χ4v) is 6.64. The Labute approximate surface area is 278 Å². The third-order valence-corrected chi connectivity index (χ3v) is 8.99. The summed E-state index contributed by atoms with van der Waals surface area (Å²) in [6, 6.07) is 16.0. The minimum atomic E-state index is -1.70. The van der Waals surface area contributed by atoms with Crippen LogP contribution in [-0.2, 0) is 35.8 Å². The molecule has 2 aliphatic rings. The highest BCUT2D eigenvalue weighted by atomic mass is 16.5. The van der Waals surface area contributed by atoms with Gasteiger partial charge in [-0.1, -0.05) is 43.3 Å². The number of ether oxygens (including phenoxy) is 2. The molecule has 5 rings (SSSR count). The molecule has 0 aliphatic carbocycles. The fraction of sp³-hybridized carbons (Fsp3) is 0.400. The lowest BCUT2D eigenvalue weighted by molar-refractivity contribution is -0.154. The Hall–Kier alpha value is -5.17. The van der Waals surface area contributed by atoms with E-state index in [0.717, 1.165) is 5.56 Å². The van der Waals surface area contributed by atoms with Gasteiger partial charge in [-0.15, -0.1) is 0 Å². The number of aryl methyl sites for hydroxylation is 2. The standard InChI is InChI=1S/C35H40N6O7/c1-22(2)48-31(46)35(34(21-43,40-35)14-15-42)33(4,25-10-6-5-7-11-25)20-41-27-13-12-24(18-26(27)30(45)37-19-29(41)44)9-8-16-47-28-17-23(3)38-32(36)39-28/h5-7,10-13,15,17-18,21-22,40H,8-9,14,16,19-20H2,1-4H3,(H,37,45)(H2,36,38,39)/t33?,34?,35-/m1/s1. The zero-order valence-corrected chi connectivity index (χ0v) is 27.4. The van der Waals surface area contributed by atoms with Crippen molar-refractivity contribution in [1.82, 2.24) is 20.6 Å². The molecular weight excluding hydrogens is 616 g/mol. The number of esters is 1. The van der Waals surface area contributed by atoms with Crippen LogP contribution < -0.4 is 26.0 Å². The predicted molar refractivity (Wildman–Crippen MR) is 176 cm³/mol. The van der Waals surface area contributed by atoms with Crippen LogP contribution in [0.5, 0.6) is 5.88 Å². The lowest BCUT2D eigenvalue weighted by atomic mass is 9.65. The number of amides is 2. The molecular formula is C35H40N6O7. The second kappa shape index (κ2) is 13.5. The molecule has 13 heteroatoms. The van der Waals surface area contributed by atoms with Gasteiger partial charge >= 0.3 is 5.97 Å². The molecule has 0 spiro atoms. The van der Waals surface area contributed by atoms with Crippen LogP contribution in [0.25, 0.3) is 0 Å². The van der Waals surface area contributed by atoms with Crippen LogP contribution in [0.4, 0.5) is 11.6 Å². The first kappa shape index (κ1) is 34.2. The number of aldehydes is 2. The minimum Gasteiger partial charge on any atom is -0.478 e. The molecule has 48 heavy (non-hydrogen) atoms.